The van der Waals surface area contributed by atoms with Gasteiger partial charge in [0, 0.05) is 10.6 Å². The van der Waals surface area contributed by atoms with E-state index >= 15 is 0 Å². The Morgan fingerprint density at radius 2 is 1.86 bits per heavy atom. The predicted octanol–water partition coefficient (Wildman–Crippen LogP) is 4.08. The topological polar surface area (TPSA) is 80.9 Å². The molecule has 0 saturated carbocycles. The molecule has 1 aromatic heterocycles. The van der Waals surface area contributed by atoms with E-state index in [1.165, 1.54) is 13.3 Å². The van der Waals surface area contributed by atoms with Crippen LogP contribution in [0.4, 0.5) is 0 Å². The van der Waals surface area contributed by atoms with Crippen molar-refractivity contribution in [3.63, 3.8) is 0 Å². The van der Waals surface area contributed by atoms with Crippen molar-refractivity contribution in [1.29, 1.82) is 0 Å². The number of methoxy groups -OCH3 is 1. The SMILES string of the molecule is COC(=O)c1ccccc1-c1ccc(/C=N\NC(=O)Cc2ccc(Cl)cc2)o1. The van der Waals surface area contributed by atoms with Gasteiger partial charge in [-0.05, 0) is 35.9 Å². The molecule has 7 heteroatoms. The summed E-state index contributed by atoms with van der Waals surface area (Å²) in [6, 6.07) is 17.4. The third-order valence-electron chi connectivity index (χ3n) is 3.88. The van der Waals surface area contributed by atoms with Gasteiger partial charge >= 0.3 is 5.97 Å². The van der Waals surface area contributed by atoms with Gasteiger partial charge in [-0.15, -0.1) is 0 Å². The molecule has 142 valence electrons. The van der Waals surface area contributed by atoms with Gasteiger partial charge in [0.25, 0.3) is 0 Å². The van der Waals surface area contributed by atoms with Crippen LogP contribution < -0.4 is 5.43 Å². The zero-order valence-electron chi connectivity index (χ0n) is 15.0. The monoisotopic (exact) mass is 396 g/mol. The van der Waals surface area contributed by atoms with E-state index in [2.05, 4.69) is 10.5 Å². The number of carbonyl (C=O) groups excluding carboxylic acids is 2. The van der Waals surface area contributed by atoms with Crippen LogP contribution in [0.3, 0.4) is 0 Å². The second kappa shape index (κ2) is 9.01. The molecule has 0 aliphatic rings. The van der Waals surface area contributed by atoms with Crippen molar-refractivity contribution in [2.45, 2.75) is 6.42 Å². The molecule has 0 spiro atoms. The molecule has 0 atom stereocenters. The molecule has 0 bridgehead atoms. The zero-order valence-corrected chi connectivity index (χ0v) is 15.8. The number of amides is 1. The second-order valence-corrected chi connectivity index (χ2v) is 6.27. The van der Waals surface area contributed by atoms with Gasteiger partial charge in [-0.1, -0.05) is 41.9 Å². The normalized spacial score (nSPS) is 10.8. The van der Waals surface area contributed by atoms with Crippen LogP contribution in [0.5, 0.6) is 0 Å². The van der Waals surface area contributed by atoms with Gasteiger partial charge in [-0.2, -0.15) is 5.10 Å². The van der Waals surface area contributed by atoms with E-state index in [1.54, 1.807) is 60.7 Å². The highest BCUT2D eigenvalue weighted by molar-refractivity contribution is 6.30. The minimum Gasteiger partial charge on any atom is -0.465 e. The lowest BCUT2D eigenvalue weighted by molar-refractivity contribution is -0.120. The summed E-state index contributed by atoms with van der Waals surface area (Å²) in [4.78, 5) is 23.8. The summed E-state index contributed by atoms with van der Waals surface area (Å²) >= 11 is 5.82. The van der Waals surface area contributed by atoms with Crippen LogP contribution in [0.15, 0.2) is 70.2 Å². The summed E-state index contributed by atoms with van der Waals surface area (Å²) in [6.45, 7) is 0. The maximum Gasteiger partial charge on any atom is 0.338 e. The van der Waals surface area contributed by atoms with Gasteiger partial charge in [-0.3, -0.25) is 4.79 Å². The van der Waals surface area contributed by atoms with Gasteiger partial charge in [0.15, 0.2) is 0 Å². The van der Waals surface area contributed by atoms with Gasteiger partial charge < -0.3 is 9.15 Å². The lowest BCUT2D eigenvalue weighted by atomic mass is 10.1. The smallest absolute Gasteiger partial charge is 0.338 e. The van der Waals surface area contributed by atoms with Crippen LogP contribution in [-0.2, 0) is 16.0 Å². The number of carbonyl (C=O) groups is 2. The first-order valence-corrected chi connectivity index (χ1v) is 8.78. The number of benzene rings is 2. The van der Waals surface area contributed by atoms with E-state index in [-0.39, 0.29) is 12.3 Å². The number of furan rings is 1. The van der Waals surface area contributed by atoms with Crippen molar-refractivity contribution in [3.8, 4) is 11.3 Å². The number of rotatable bonds is 6. The number of hydrogen-bond acceptors (Lipinski definition) is 5. The number of halogens is 1. The van der Waals surface area contributed by atoms with Crippen molar-refractivity contribution in [2.75, 3.05) is 7.11 Å². The number of hydrazone groups is 1. The minimum absolute atomic E-state index is 0.185. The van der Waals surface area contributed by atoms with Crippen LogP contribution >= 0.6 is 11.6 Å². The van der Waals surface area contributed by atoms with Crippen LogP contribution in [0.2, 0.25) is 5.02 Å². The molecule has 1 amide bonds. The average molecular weight is 397 g/mol. The number of esters is 1. The first-order chi connectivity index (χ1) is 13.6. The molecular formula is C21H17ClN2O4. The van der Waals surface area contributed by atoms with E-state index in [9.17, 15) is 9.59 Å². The highest BCUT2D eigenvalue weighted by atomic mass is 35.5. The van der Waals surface area contributed by atoms with Crippen molar-refractivity contribution < 1.29 is 18.7 Å². The molecule has 0 saturated heterocycles. The third kappa shape index (κ3) is 4.86. The average Bonchev–Trinajstić information content (AvgIpc) is 3.18. The van der Waals surface area contributed by atoms with Gasteiger partial charge in [0.05, 0.1) is 25.3 Å². The fourth-order valence-electron chi connectivity index (χ4n) is 2.55. The molecule has 0 aliphatic carbocycles. The fraction of sp³-hybridized carbons (Fsp3) is 0.0952. The Kier molecular flexibility index (Phi) is 6.24. The van der Waals surface area contributed by atoms with E-state index in [0.29, 0.717) is 27.7 Å². The van der Waals surface area contributed by atoms with E-state index in [1.807, 2.05) is 0 Å². The molecule has 28 heavy (non-hydrogen) atoms. The molecule has 0 radical (unpaired) electrons. The predicted molar refractivity (Wildman–Crippen MR) is 106 cm³/mol. The molecule has 1 N–H and O–H groups in total. The van der Waals surface area contributed by atoms with Crippen molar-refractivity contribution in [3.05, 3.63) is 82.6 Å². The molecule has 6 nitrogen and oxygen atoms in total. The zero-order chi connectivity index (χ0) is 19.9. The maximum atomic E-state index is 11.9. The molecule has 0 fully saturated rings. The molecule has 3 aromatic rings. The third-order valence-corrected chi connectivity index (χ3v) is 4.14. The van der Waals surface area contributed by atoms with Crippen LogP contribution in [0.25, 0.3) is 11.3 Å². The van der Waals surface area contributed by atoms with Gasteiger partial charge in [0.1, 0.15) is 11.5 Å². The largest absolute Gasteiger partial charge is 0.465 e. The molecule has 3 rings (SSSR count). The first kappa shape index (κ1) is 19.4. The number of ether oxygens (including phenoxy) is 1. The number of hydrogen-bond donors (Lipinski definition) is 1. The molecule has 1 heterocycles. The van der Waals surface area contributed by atoms with Crippen LogP contribution in [0.1, 0.15) is 21.7 Å². The first-order valence-electron chi connectivity index (χ1n) is 8.40. The summed E-state index contributed by atoms with van der Waals surface area (Å²) in [6.07, 6.45) is 1.58. The van der Waals surface area contributed by atoms with Crippen molar-refractivity contribution in [1.82, 2.24) is 5.43 Å². The summed E-state index contributed by atoms with van der Waals surface area (Å²) in [5.41, 5.74) is 4.29. The molecule has 0 unspecified atom stereocenters. The standard InChI is InChI=1S/C21H17ClN2O4/c1-27-21(26)18-5-3-2-4-17(18)19-11-10-16(28-19)13-23-24-20(25)12-14-6-8-15(22)9-7-14/h2-11,13H,12H2,1H3,(H,24,25)/b23-13-. The second-order valence-electron chi connectivity index (χ2n) is 5.84. The van der Waals surface area contributed by atoms with Gasteiger partial charge in [-0.25, -0.2) is 10.2 Å². The van der Waals surface area contributed by atoms with E-state index < -0.39 is 5.97 Å². The number of nitrogens with zero attached hydrogens (tertiary/aromatic N) is 1. The number of nitrogens with one attached hydrogen (secondary N) is 1. The Bertz CT molecular complexity index is 1010. The Morgan fingerprint density at radius 3 is 2.61 bits per heavy atom. The molecule has 0 aliphatic heterocycles. The van der Waals surface area contributed by atoms with E-state index in [0.717, 1.165) is 5.56 Å². The fourth-order valence-corrected chi connectivity index (χ4v) is 2.67. The van der Waals surface area contributed by atoms with Gasteiger partial charge in [0.2, 0.25) is 5.91 Å². The van der Waals surface area contributed by atoms with Crippen LogP contribution in [-0.4, -0.2) is 25.2 Å². The summed E-state index contributed by atoms with van der Waals surface area (Å²) < 4.78 is 10.5. The summed E-state index contributed by atoms with van der Waals surface area (Å²) in [5.74, 6) is 0.217. The lowest BCUT2D eigenvalue weighted by Crippen LogP contribution is -2.19. The maximum absolute atomic E-state index is 11.9. The minimum atomic E-state index is -0.448. The van der Waals surface area contributed by atoms with Crippen LogP contribution in [0, 0.1) is 0 Å². The molecule has 2 aromatic carbocycles. The highest BCUT2D eigenvalue weighted by Crippen LogP contribution is 2.26. The Balaban J connectivity index is 1.64. The van der Waals surface area contributed by atoms with Crippen molar-refractivity contribution in [2.24, 2.45) is 5.10 Å². The Hall–Kier alpha value is -3.38. The lowest BCUT2D eigenvalue weighted by Gasteiger charge is -2.04. The Morgan fingerprint density at radius 1 is 1.11 bits per heavy atom. The van der Waals surface area contributed by atoms with Crippen molar-refractivity contribution >= 4 is 29.7 Å². The Labute approximate surface area is 166 Å². The summed E-state index contributed by atoms with van der Waals surface area (Å²) in [5, 5.41) is 4.52. The quantitative estimate of drug-likeness (QED) is 0.386. The molecular weight excluding hydrogens is 380 g/mol. The van der Waals surface area contributed by atoms with E-state index in [4.69, 9.17) is 20.8 Å². The highest BCUT2D eigenvalue weighted by Gasteiger charge is 2.15. The summed E-state index contributed by atoms with van der Waals surface area (Å²) in [7, 11) is 1.33.